The maximum absolute atomic E-state index is 9.35. The fourth-order valence-electron chi connectivity index (χ4n) is 2.02. The number of allylic oxidation sites excluding steroid dienone is 2. The van der Waals surface area contributed by atoms with Crippen LogP contribution in [0.3, 0.4) is 0 Å². The van der Waals surface area contributed by atoms with Gasteiger partial charge in [-0.25, -0.2) is 0 Å². The van der Waals surface area contributed by atoms with Crippen molar-refractivity contribution in [3.63, 3.8) is 0 Å². The Balaban J connectivity index is 0.000000399. The van der Waals surface area contributed by atoms with E-state index >= 15 is 0 Å². The summed E-state index contributed by atoms with van der Waals surface area (Å²) in [6, 6.07) is 7.85. The molecule has 0 aliphatic carbocycles. The highest BCUT2D eigenvalue weighted by Gasteiger charge is 2.15. The number of likely N-dealkylation sites (tertiary alicyclic amines) is 1. The number of rotatable bonds is 3. The molecule has 1 heterocycles. The summed E-state index contributed by atoms with van der Waals surface area (Å²) in [5.74, 6) is 0.348. The number of phenols is 1. The first-order valence-corrected chi connectivity index (χ1v) is 6.65. The lowest BCUT2D eigenvalue weighted by Gasteiger charge is -2.30. The molecule has 0 radical (unpaired) electrons. The van der Waals surface area contributed by atoms with E-state index < -0.39 is 0 Å². The number of hydrogen-bond donors (Lipinski definition) is 2. The van der Waals surface area contributed by atoms with Gasteiger partial charge in [-0.05, 0) is 43.6 Å². The summed E-state index contributed by atoms with van der Waals surface area (Å²) in [6.07, 6.45) is 5.44. The number of nitrogens with zero attached hydrogens (tertiary/aromatic N) is 1. The first-order valence-electron chi connectivity index (χ1n) is 6.65. The normalized spacial score (nSPS) is 16.3. The summed E-state index contributed by atoms with van der Waals surface area (Å²) >= 11 is 0. The highest BCUT2D eigenvalue weighted by Crippen LogP contribution is 2.15. The highest BCUT2D eigenvalue weighted by molar-refractivity contribution is 5.27. The van der Waals surface area contributed by atoms with Crippen molar-refractivity contribution >= 4 is 0 Å². The van der Waals surface area contributed by atoms with Crippen molar-refractivity contribution in [2.45, 2.75) is 25.4 Å². The average molecular weight is 260 g/mol. The Morgan fingerprint density at radius 1 is 1.26 bits per heavy atom. The standard InChI is InChI=1S/C12H18N2O.C4H6/c13-11-4-6-14(7-5-11)9-10-2-1-3-12(15)8-10;1-3-4-2/h1-3,8,11,15H,4-7,9,13H2;3-4H,1-2H2. The van der Waals surface area contributed by atoms with E-state index in [1.54, 1.807) is 18.2 Å². The minimum absolute atomic E-state index is 0.348. The molecular weight excluding hydrogens is 236 g/mol. The van der Waals surface area contributed by atoms with Crippen molar-refractivity contribution in [1.82, 2.24) is 4.90 Å². The molecule has 19 heavy (non-hydrogen) atoms. The third-order valence-electron chi connectivity index (χ3n) is 3.12. The van der Waals surface area contributed by atoms with Crippen LogP contribution in [0.5, 0.6) is 5.75 Å². The van der Waals surface area contributed by atoms with Crippen LogP contribution in [0.4, 0.5) is 0 Å². The molecule has 3 heteroatoms. The molecule has 1 aliphatic rings. The van der Waals surface area contributed by atoms with E-state index in [-0.39, 0.29) is 0 Å². The third-order valence-corrected chi connectivity index (χ3v) is 3.12. The molecule has 1 saturated heterocycles. The van der Waals surface area contributed by atoms with Crippen molar-refractivity contribution in [1.29, 1.82) is 0 Å². The van der Waals surface area contributed by atoms with Crippen LogP contribution in [0.2, 0.25) is 0 Å². The predicted molar refractivity (Wildman–Crippen MR) is 81.0 cm³/mol. The van der Waals surface area contributed by atoms with Crippen molar-refractivity contribution in [3.8, 4) is 5.75 Å². The maximum atomic E-state index is 9.35. The number of piperidine rings is 1. The number of hydrogen-bond acceptors (Lipinski definition) is 3. The minimum Gasteiger partial charge on any atom is -0.508 e. The zero-order chi connectivity index (χ0) is 14.1. The molecule has 3 nitrogen and oxygen atoms in total. The van der Waals surface area contributed by atoms with Gasteiger partial charge in [0.15, 0.2) is 0 Å². The van der Waals surface area contributed by atoms with E-state index in [9.17, 15) is 5.11 Å². The van der Waals surface area contributed by atoms with Crippen molar-refractivity contribution < 1.29 is 5.11 Å². The van der Waals surface area contributed by atoms with Gasteiger partial charge in [-0.2, -0.15) is 0 Å². The molecule has 0 saturated carbocycles. The van der Waals surface area contributed by atoms with Crippen molar-refractivity contribution in [2.24, 2.45) is 5.73 Å². The predicted octanol–water partition coefficient (Wildman–Crippen LogP) is 2.67. The Hall–Kier alpha value is -1.58. The topological polar surface area (TPSA) is 49.5 Å². The molecule has 0 bridgehead atoms. The van der Waals surface area contributed by atoms with Crippen LogP contribution in [0.1, 0.15) is 18.4 Å². The number of aromatic hydroxyl groups is 1. The molecule has 1 aromatic carbocycles. The van der Waals surface area contributed by atoms with E-state index in [0.717, 1.165) is 32.5 Å². The fourth-order valence-corrected chi connectivity index (χ4v) is 2.02. The van der Waals surface area contributed by atoms with Gasteiger partial charge in [-0.3, -0.25) is 4.90 Å². The first kappa shape index (κ1) is 15.5. The van der Waals surface area contributed by atoms with Crippen LogP contribution in [0, 0.1) is 0 Å². The van der Waals surface area contributed by atoms with Crippen LogP contribution >= 0.6 is 0 Å². The van der Waals surface area contributed by atoms with Crippen molar-refractivity contribution in [3.05, 3.63) is 55.1 Å². The Labute approximate surface area is 116 Å². The summed E-state index contributed by atoms with van der Waals surface area (Å²) < 4.78 is 0. The molecule has 2 rings (SSSR count). The zero-order valence-electron chi connectivity index (χ0n) is 11.5. The first-order chi connectivity index (χ1) is 9.15. The lowest BCUT2D eigenvalue weighted by atomic mass is 10.1. The summed E-state index contributed by atoms with van der Waals surface area (Å²) in [4.78, 5) is 2.39. The minimum atomic E-state index is 0.348. The van der Waals surface area contributed by atoms with Crippen LogP contribution < -0.4 is 5.73 Å². The van der Waals surface area contributed by atoms with Gasteiger partial charge in [0.05, 0.1) is 0 Å². The van der Waals surface area contributed by atoms with Crippen LogP contribution in [-0.2, 0) is 6.54 Å². The second-order valence-electron chi connectivity index (χ2n) is 4.75. The number of nitrogens with two attached hydrogens (primary N) is 1. The molecule has 1 aliphatic heterocycles. The van der Waals surface area contributed by atoms with Crippen molar-refractivity contribution in [2.75, 3.05) is 13.1 Å². The van der Waals surface area contributed by atoms with Gasteiger partial charge in [0.1, 0.15) is 5.75 Å². The monoisotopic (exact) mass is 260 g/mol. The fraction of sp³-hybridized carbons (Fsp3) is 0.375. The van der Waals surface area contributed by atoms with Gasteiger partial charge in [0.2, 0.25) is 0 Å². The quantitative estimate of drug-likeness (QED) is 0.822. The van der Waals surface area contributed by atoms with E-state index in [0.29, 0.717) is 11.8 Å². The molecule has 3 N–H and O–H groups in total. The van der Waals surface area contributed by atoms with E-state index in [1.165, 1.54) is 5.56 Å². The molecule has 0 atom stereocenters. The maximum Gasteiger partial charge on any atom is 0.115 e. The third kappa shape index (κ3) is 6.22. The van der Waals surface area contributed by atoms with E-state index in [4.69, 9.17) is 5.73 Å². The molecule has 104 valence electrons. The summed E-state index contributed by atoms with van der Waals surface area (Å²) in [6.45, 7) is 9.77. The van der Waals surface area contributed by atoms with Gasteiger partial charge in [0, 0.05) is 12.6 Å². The van der Waals surface area contributed by atoms with Crippen LogP contribution in [0.15, 0.2) is 49.6 Å². The van der Waals surface area contributed by atoms with Gasteiger partial charge in [-0.15, -0.1) is 0 Å². The highest BCUT2D eigenvalue weighted by atomic mass is 16.3. The summed E-state index contributed by atoms with van der Waals surface area (Å²) in [7, 11) is 0. The van der Waals surface area contributed by atoms with Crippen LogP contribution in [-0.4, -0.2) is 29.1 Å². The Bertz CT molecular complexity index is 389. The van der Waals surface area contributed by atoms with Gasteiger partial charge >= 0.3 is 0 Å². The van der Waals surface area contributed by atoms with E-state index in [2.05, 4.69) is 18.1 Å². The second kappa shape index (κ2) is 8.51. The molecule has 0 unspecified atom stereocenters. The SMILES string of the molecule is C=CC=C.NC1CCN(Cc2cccc(O)c2)CC1. The molecule has 1 aromatic rings. The Morgan fingerprint density at radius 3 is 2.42 bits per heavy atom. The number of benzene rings is 1. The summed E-state index contributed by atoms with van der Waals surface area (Å²) in [5, 5.41) is 9.35. The number of phenolic OH excluding ortho intramolecular Hbond substituents is 1. The molecular formula is C16H24N2O. The second-order valence-corrected chi connectivity index (χ2v) is 4.75. The zero-order valence-corrected chi connectivity index (χ0v) is 11.5. The smallest absolute Gasteiger partial charge is 0.115 e. The molecule has 0 spiro atoms. The van der Waals surface area contributed by atoms with Gasteiger partial charge < -0.3 is 10.8 Å². The Kier molecular flexibility index (Phi) is 6.93. The average Bonchev–Trinajstić information content (AvgIpc) is 2.42. The molecule has 1 fully saturated rings. The van der Waals surface area contributed by atoms with Crippen LogP contribution in [0.25, 0.3) is 0 Å². The lowest BCUT2D eigenvalue weighted by molar-refractivity contribution is 0.205. The van der Waals surface area contributed by atoms with Gasteiger partial charge in [0.25, 0.3) is 0 Å². The van der Waals surface area contributed by atoms with Gasteiger partial charge in [-0.1, -0.05) is 37.4 Å². The Morgan fingerprint density at radius 2 is 1.89 bits per heavy atom. The molecule has 0 amide bonds. The summed E-state index contributed by atoms with van der Waals surface area (Å²) in [5.41, 5.74) is 7.02. The van der Waals surface area contributed by atoms with E-state index in [1.807, 2.05) is 18.2 Å². The molecule has 0 aromatic heterocycles. The largest absolute Gasteiger partial charge is 0.508 e. The lowest BCUT2D eigenvalue weighted by Crippen LogP contribution is -2.39.